The van der Waals surface area contributed by atoms with Crippen molar-refractivity contribution in [3.63, 3.8) is 0 Å². The lowest BCUT2D eigenvalue weighted by atomic mass is 10.0. The van der Waals surface area contributed by atoms with Gasteiger partial charge in [-0.15, -0.1) is 0 Å². The zero-order valence-corrected chi connectivity index (χ0v) is 19.0. The Bertz CT molecular complexity index is 1640. The minimum atomic E-state index is -4.04. The number of H-pyrrole nitrogens is 1. The molecule has 3 heterocycles. The Kier molecular flexibility index (Phi) is 5.22. The van der Waals surface area contributed by atoms with E-state index in [1.807, 2.05) is 6.92 Å². The number of aromatic amines is 1. The molecule has 8 heteroatoms. The molecule has 7 nitrogen and oxygen atoms in total. The van der Waals surface area contributed by atoms with Gasteiger partial charge < -0.3 is 10.7 Å². The highest BCUT2D eigenvalue weighted by molar-refractivity contribution is 7.91. The second-order valence-electron chi connectivity index (χ2n) is 7.94. The van der Waals surface area contributed by atoms with Gasteiger partial charge in [0.2, 0.25) is 9.84 Å². The van der Waals surface area contributed by atoms with Gasteiger partial charge in [0.25, 0.3) is 0 Å². The summed E-state index contributed by atoms with van der Waals surface area (Å²) in [5, 5.41) is 0.231. The average molecular weight is 469 g/mol. The first-order chi connectivity index (χ1) is 16.4. The second-order valence-corrected chi connectivity index (χ2v) is 9.83. The molecule has 0 aliphatic heterocycles. The Balaban J connectivity index is 1.85. The average Bonchev–Trinajstić information content (AvgIpc) is 3.28. The molecule has 0 aliphatic carbocycles. The SMILES string of the molecule is Cc1ccc(S(=O)(=O)c2c(-c3cccnc3)cnc3[nH]cc(C(=O)c4cccc(N)c4)c23)cc1. The zero-order chi connectivity index (χ0) is 23.9. The van der Waals surface area contributed by atoms with Gasteiger partial charge in [0, 0.05) is 52.6 Å². The van der Waals surface area contributed by atoms with Gasteiger partial charge in [0.15, 0.2) is 5.78 Å². The normalized spacial score (nSPS) is 11.6. The van der Waals surface area contributed by atoms with Crippen LogP contribution in [0.4, 0.5) is 5.69 Å². The van der Waals surface area contributed by atoms with Crippen LogP contribution in [0.3, 0.4) is 0 Å². The number of nitrogens with one attached hydrogen (secondary N) is 1. The zero-order valence-electron chi connectivity index (χ0n) is 18.2. The van der Waals surface area contributed by atoms with Gasteiger partial charge in [0.05, 0.1) is 15.4 Å². The summed E-state index contributed by atoms with van der Waals surface area (Å²) in [7, 11) is -4.04. The van der Waals surface area contributed by atoms with Crippen LogP contribution in [0, 0.1) is 6.92 Å². The number of nitrogen functional groups attached to an aromatic ring is 1. The maximum Gasteiger partial charge on any atom is 0.208 e. The molecule has 0 bridgehead atoms. The number of carbonyl (C=O) groups is 1. The Morgan fingerprint density at radius 3 is 2.50 bits per heavy atom. The molecule has 0 radical (unpaired) electrons. The summed E-state index contributed by atoms with van der Waals surface area (Å²) in [5.74, 6) is -0.357. The molecule has 0 spiro atoms. The van der Waals surface area contributed by atoms with Crippen LogP contribution in [0.15, 0.2) is 95.2 Å². The number of anilines is 1. The van der Waals surface area contributed by atoms with Crippen LogP contribution in [0.25, 0.3) is 22.2 Å². The van der Waals surface area contributed by atoms with Crippen molar-refractivity contribution in [3.8, 4) is 11.1 Å². The molecule has 0 unspecified atom stereocenters. The van der Waals surface area contributed by atoms with E-state index in [4.69, 9.17) is 5.73 Å². The molecule has 168 valence electrons. The van der Waals surface area contributed by atoms with Crippen molar-refractivity contribution in [2.45, 2.75) is 16.7 Å². The van der Waals surface area contributed by atoms with Crippen molar-refractivity contribution in [2.75, 3.05) is 5.73 Å². The van der Waals surface area contributed by atoms with Gasteiger partial charge in [-0.1, -0.05) is 35.9 Å². The van der Waals surface area contributed by atoms with Crippen LogP contribution < -0.4 is 5.73 Å². The lowest BCUT2D eigenvalue weighted by Crippen LogP contribution is -2.08. The highest BCUT2D eigenvalue weighted by atomic mass is 32.2. The molecule has 0 fully saturated rings. The largest absolute Gasteiger partial charge is 0.399 e. The van der Waals surface area contributed by atoms with E-state index in [0.29, 0.717) is 28.0 Å². The third-order valence-electron chi connectivity index (χ3n) is 5.62. The van der Waals surface area contributed by atoms with E-state index < -0.39 is 9.84 Å². The number of carbonyl (C=O) groups excluding carboxylic acids is 1. The van der Waals surface area contributed by atoms with E-state index >= 15 is 0 Å². The van der Waals surface area contributed by atoms with E-state index in [-0.39, 0.29) is 26.5 Å². The third-order valence-corrected chi connectivity index (χ3v) is 7.47. The number of rotatable bonds is 5. The number of hydrogen-bond donors (Lipinski definition) is 2. The van der Waals surface area contributed by atoms with Crippen molar-refractivity contribution in [1.29, 1.82) is 0 Å². The first kappa shape index (κ1) is 21.5. The van der Waals surface area contributed by atoms with E-state index in [0.717, 1.165) is 5.56 Å². The van der Waals surface area contributed by atoms with Crippen LogP contribution >= 0.6 is 0 Å². The number of fused-ring (bicyclic) bond motifs is 1. The Morgan fingerprint density at radius 1 is 1.00 bits per heavy atom. The number of aryl methyl sites for hydroxylation is 1. The molecule has 0 saturated heterocycles. The lowest BCUT2D eigenvalue weighted by Gasteiger charge is -2.13. The molecule has 0 saturated carbocycles. The first-order valence-electron chi connectivity index (χ1n) is 10.5. The van der Waals surface area contributed by atoms with E-state index in [1.165, 1.54) is 12.4 Å². The molecule has 0 aliphatic rings. The number of nitrogens with zero attached hydrogens (tertiary/aromatic N) is 2. The summed E-state index contributed by atoms with van der Waals surface area (Å²) in [6, 6.07) is 16.7. The molecule has 0 atom stereocenters. The smallest absolute Gasteiger partial charge is 0.208 e. The molecule has 34 heavy (non-hydrogen) atoms. The summed E-state index contributed by atoms with van der Waals surface area (Å²) in [4.78, 5) is 25.1. The van der Waals surface area contributed by atoms with Gasteiger partial charge in [-0.2, -0.15) is 0 Å². The van der Waals surface area contributed by atoms with E-state index in [1.54, 1.807) is 73.1 Å². The van der Waals surface area contributed by atoms with Crippen molar-refractivity contribution < 1.29 is 13.2 Å². The Morgan fingerprint density at radius 2 is 1.79 bits per heavy atom. The lowest BCUT2D eigenvalue weighted by molar-refractivity contribution is 0.104. The van der Waals surface area contributed by atoms with Crippen LogP contribution in [0.5, 0.6) is 0 Å². The maximum atomic E-state index is 14.0. The minimum Gasteiger partial charge on any atom is -0.399 e. The van der Waals surface area contributed by atoms with Crippen LogP contribution in [-0.4, -0.2) is 29.2 Å². The monoisotopic (exact) mass is 468 g/mol. The predicted octanol–water partition coefficient (Wildman–Crippen LogP) is 4.58. The Labute approximate surface area is 196 Å². The fraction of sp³-hybridized carbons (Fsp3) is 0.0385. The molecule has 5 aromatic rings. The number of benzene rings is 2. The molecule has 3 aromatic heterocycles. The van der Waals surface area contributed by atoms with Crippen molar-refractivity contribution >= 4 is 32.3 Å². The van der Waals surface area contributed by atoms with Gasteiger partial charge >= 0.3 is 0 Å². The van der Waals surface area contributed by atoms with Crippen LogP contribution in [0.1, 0.15) is 21.5 Å². The number of nitrogens with two attached hydrogens (primary N) is 1. The van der Waals surface area contributed by atoms with Gasteiger partial charge in [-0.3, -0.25) is 9.78 Å². The van der Waals surface area contributed by atoms with Gasteiger partial charge in [0.1, 0.15) is 5.65 Å². The maximum absolute atomic E-state index is 14.0. The fourth-order valence-corrected chi connectivity index (χ4v) is 5.59. The van der Waals surface area contributed by atoms with Gasteiger partial charge in [-0.25, -0.2) is 13.4 Å². The molecular weight excluding hydrogens is 448 g/mol. The fourth-order valence-electron chi connectivity index (χ4n) is 3.92. The predicted molar refractivity (Wildman–Crippen MR) is 130 cm³/mol. The van der Waals surface area contributed by atoms with Crippen molar-refractivity contribution in [2.24, 2.45) is 0 Å². The summed E-state index contributed by atoms with van der Waals surface area (Å²) >= 11 is 0. The summed E-state index contributed by atoms with van der Waals surface area (Å²) in [6.45, 7) is 1.89. The first-order valence-corrected chi connectivity index (χ1v) is 12.0. The molecule has 5 rings (SSSR count). The van der Waals surface area contributed by atoms with Gasteiger partial charge in [-0.05, 0) is 37.3 Å². The van der Waals surface area contributed by atoms with Crippen LogP contribution in [-0.2, 0) is 9.84 Å². The minimum absolute atomic E-state index is 0.00264. The highest BCUT2D eigenvalue weighted by Crippen LogP contribution is 2.38. The molecular formula is C26H20N4O3S. The molecule has 2 aromatic carbocycles. The standard InChI is InChI=1S/C26H20N4O3S/c1-16-7-9-20(10-8-16)34(32,33)25-21(18-5-3-11-28-13-18)14-29-26-23(25)22(15-30-26)24(31)17-4-2-6-19(27)12-17/h2-15H,27H2,1H3,(H,29,30). The number of sulfone groups is 1. The number of ketones is 1. The van der Waals surface area contributed by atoms with Crippen molar-refractivity contribution in [3.05, 3.63) is 102 Å². The number of aromatic nitrogens is 3. The number of hydrogen-bond acceptors (Lipinski definition) is 6. The number of pyridine rings is 2. The molecule has 0 amide bonds. The highest BCUT2D eigenvalue weighted by Gasteiger charge is 2.29. The molecule has 3 N–H and O–H groups in total. The van der Waals surface area contributed by atoms with E-state index in [9.17, 15) is 13.2 Å². The third kappa shape index (κ3) is 3.64. The quantitative estimate of drug-likeness (QED) is 0.288. The van der Waals surface area contributed by atoms with E-state index in [2.05, 4.69) is 15.0 Å². The Hall–Kier alpha value is -4.30. The summed E-state index contributed by atoms with van der Waals surface area (Å²) in [6.07, 6.45) is 6.16. The summed E-state index contributed by atoms with van der Waals surface area (Å²) in [5.41, 5.74) is 9.03. The topological polar surface area (TPSA) is 119 Å². The second kappa shape index (κ2) is 8.24. The summed E-state index contributed by atoms with van der Waals surface area (Å²) < 4.78 is 28.0. The van der Waals surface area contributed by atoms with Crippen LogP contribution in [0.2, 0.25) is 0 Å². The van der Waals surface area contributed by atoms with Crippen molar-refractivity contribution in [1.82, 2.24) is 15.0 Å².